The Morgan fingerprint density at radius 1 is 0.857 bits per heavy atom. The van der Waals surface area contributed by atoms with E-state index in [9.17, 15) is 18.0 Å². The van der Waals surface area contributed by atoms with Crippen LogP contribution in [0, 0.1) is 20.8 Å². The molecule has 10 heteroatoms. The summed E-state index contributed by atoms with van der Waals surface area (Å²) >= 11 is 12.4. The van der Waals surface area contributed by atoms with Crippen LogP contribution in [0.25, 0.3) is 0 Å². The van der Waals surface area contributed by atoms with Crippen LogP contribution in [-0.2, 0) is 26.2 Å². The number of halogens is 2. The molecule has 0 spiro atoms. The fourth-order valence-corrected chi connectivity index (χ4v) is 6.17. The zero-order valence-electron chi connectivity index (χ0n) is 24.9. The second kappa shape index (κ2) is 14.4. The van der Waals surface area contributed by atoms with E-state index in [0.29, 0.717) is 27.7 Å². The number of rotatable bonds is 12. The first-order chi connectivity index (χ1) is 19.8. The third kappa shape index (κ3) is 8.06. The number of anilines is 1. The normalized spacial score (nSPS) is 12.9. The van der Waals surface area contributed by atoms with Crippen molar-refractivity contribution in [2.24, 2.45) is 0 Å². The quantitative estimate of drug-likeness (QED) is 0.237. The van der Waals surface area contributed by atoms with Crippen LogP contribution in [0.15, 0.2) is 65.6 Å². The van der Waals surface area contributed by atoms with Gasteiger partial charge in [0.05, 0.1) is 20.6 Å². The van der Waals surface area contributed by atoms with Gasteiger partial charge in [-0.25, -0.2) is 8.42 Å². The van der Waals surface area contributed by atoms with Crippen LogP contribution in [0.2, 0.25) is 10.0 Å². The average molecular weight is 633 g/mol. The monoisotopic (exact) mass is 631 g/mol. The molecule has 0 heterocycles. The third-order valence-electron chi connectivity index (χ3n) is 7.39. The molecule has 2 amide bonds. The Morgan fingerprint density at radius 3 is 2.10 bits per heavy atom. The third-order valence-corrected chi connectivity index (χ3v) is 9.92. The van der Waals surface area contributed by atoms with Crippen molar-refractivity contribution < 1.29 is 18.0 Å². The largest absolute Gasteiger partial charge is 0.352 e. The van der Waals surface area contributed by atoms with Gasteiger partial charge in [-0.2, -0.15) is 0 Å². The fraction of sp³-hybridized carbons (Fsp3) is 0.375. The van der Waals surface area contributed by atoms with Crippen molar-refractivity contribution >= 4 is 50.7 Å². The molecule has 0 bridgehead atoms. The van der Waals surface area contributed by atoms with E-state index in [1.165, 1.54) is 17.0 Å². The molecule has 3 aromatic carbocycles. The molecule has 0 aliphatic rings. The number of hydrogen-bond donors (Lipinski definition) is 1. The molecule has 3 aromatic rings. The Hall–Kier alpha value is -3.07. The topological polar surface area (TPSA) is 86.8 Å². The maximum absolute atomic E-state index is 14.2. The van der Waals surface area contributed by atoms with E-state index in [-0.39, 0.29) is 23.4 Å². The summed E-state index contributed by atoms with van der Waals surface area (Å²) in [5.41, 5.74) is 3.81. The Kier molecular flexibility index (Phi) is 11.5. The number of nitrogens with one attached hydrogen (secondary N) is 1. The van der Waals surface area contributed by atoms with Crippen molar-refractivity contribution in [2.45, 2.75) is 77.9 Å². The van der Waals surface area contributed by atoms with Gasteiger partial charge in [0.1, 0.15) is 12.6 Å². The van der Waals surface area contributed by atoms with E-state index in [4.69, 9.17) is 23.2 Å². The van der Waals surface area contributed by atoms with E-state index in [2.05, 4.69) is 5.32 Å². The van der Waals surface area contributed by atoms with Crippen LogP contribution >= 0.6 is 23.2 Å². The smallest absolute Gasteiger partial charge is 0.264 e. The van der Waals surface area contributed by atoms with Crippen LogP contribution < -0.4 is 9.62 Å². The van der Waals surface area contributed by atoms with Gasteiger partial charge in [0.25, 0.3) is 10.0 Å². The number of nitrogens with zero attached hydrogens (tertiary/aromatic N) is 2. The van der Waals surface area contributed by atoms with Gasteiger partial charge in [0.15, 0.2) is 0 Å². The highest BCUT2D eigenvalue weighted by atomic mass is 35.5. The van der Waals surface area contributed by atoms with Crippen LogP contribution in [-0.4, -0.2) is 43.8 Å². The molecule has 0 radical (unpaired) electrons. The minimum Gasteiger partial charge on any atom is -0.352 e. The minimum atomic E-state index is -4.14. The van der Waals surface area contributed by atoms with E-state index >= 15 is 0 Å². The number of hydrogen-bond acceptors (Lipinski definition) is 4. The number of amides is 2. The highest BCUT2D eigenvalue weighted by molar-refractivity contribution is 7.92. The van der Waals surface area contributed by atoms with Crippen LogP contribution in [0.1, 0.15) is 55.9 Å². The second-order valence-electron chi connectivity index (χ2n) is 10.6. The Morgan fingerprint density at radius 2 is 1.52 bits per heavy atom. The van der Waals surface area contributed by atoms with E-state index in [1.807, 2.05) is 47.6 Å². The highest BCUT2D eigenvalue weighted by Gasteiger charge is 2.34. The first-order valence-electron chi connectivity index (χ1n) is 14.0. The predicted molar refractivity (Wildman–Crippen MR) is 171 cm³/mol. The van der Waals surface area contributed by atoms with Gasteiger partial charge < -0.3 is 10.2 Å². The molecular formula is C32H39Cl2N3O4S. The first kappa shape index (κ1) is 33.4. The van der Waals surface area contributed by atoms with Crippen molar-refractivity contribution in [2.75, 3.05) is 10.8 Å². The van der Waals surface area contributed by atoms with Crippen LogP contribution in [0.5, 0.6) is 0 Å². The summed E-state index contributed by atoms with van der Waals surface area (Å²) in [7, 11) is -4.14. The van der Waals surface area contributed by atoms with Crippen molar-refractivity contribution in [1.82, 2.24) is 10.2 Å². The molecule has 2 atom stereocenters. The lowest BCUT2D eigenvalue weighted by Gasteiger charge is -2.34. The molecule has 0 unspecified atom stereocenters. The highest BCUT2D eigenvalue weighted by Crippen LogP contribution is 2.28. The van der Waals surface area contributed by atoms with Crippen molar-refractivity contribution in [3.05, 3.63) is 93.0 Å². The zero-order chi connectivity index (χ0) is 31.2. The summed E-state index contributed by atoms with van der Waals surface area (Å²) in [5, 5.41) is 3.65. The maximum atomic E-state index is 14.2. The lowest BCUT2D eigenvalue weighted by Crippen LogP contribution is -2.53. The molecule has 0 aliphatic heterocycles. The predicted octanol–water partition coefficient (Wildman–Crippen LogP) is 6.84. The van der Waals surface area contributed by atoms with Gasteiger partial charge in [0.2, 0.25) is 11.8 Å². The van der Waals surface area contributed by atoms with E-state index in [1.54, 1.807) is 42.5 Å². The minimum absolute atomic E-state index is 0.0352. The Labute approximate surface area is 259 Å². The van der Waals surface area contributed by atoms with Gasteiger partial charge in [-0.05, 0) is 93.6 Å². The summed E-state index contributed by atoms with van der Waals surface area (Å²) in [6, 6.07) is 15.9. The molecule has 0 aromatic heterocycles. The molecule has 0 saturated carbocycles. The van der Waals surface area contributed by atoms with Gasteiger partial charge in [-0.3, -0.25) is 13.9 Å². The van der Waals surface area contributed by atoms with Gasteiger partial charge >= 0.3 is 0 Å². The van der Waals surface area contributed by atoms with Crippen molar-refractivity contribution in [3.8, 4) is 0 Å². The number of benzene rings is 3. The molecular weight excluding hydrogens is 593 g/mol. The van der Waals surface area contributed by atoms with Gasteiger partial charge in [-0.15, -0.1) is 0 Å². The number of carbonyl (C=O) groups is 2. The lowest BCUT2D eigenvalue weighted by molar-refractivity contribution is -0.140. The summed E-state index contributed by atoms with van der Waals surface area (Å²) in [6.07, 6.45) is 1.04. The molecule has 0 fully saturated rings. The van der Waals surface area contributed by atoms with E-state index in [0.717, 1.165) is 27.4 Å². The second-order valence-corrected chi connectivity index (χ2v) is 13.3. The standard InChI is InChI=1S/C32H39Cl2N3O4S/c1-7-24(6)35-32(39)30(8-2)36(19-25-12-16-28(33)29(34)18-25)31(38)20-37(26-13-11-22(4)23(5)17-26)42(40,41)27-14-9-21(3)10-15-27/h9-18,24,30H,7-8,19-20H2,1-6H3,(H,35,39)/t24-,30+/m1/s1. The molecule has 0 aliphatic carbocycles. The summed E-state index contributed by atoms with van der Waals surface area (Å²) in [6.45, 7) is 10.9. The summed E-state index contributed by atoms with van der Waals surface area (Å²) in [5.74, 6) is -0.833. The molecule has 226 valence electrons. The first-order valence-corrected chi connectivity index (χ1v) is 16.2. The zero-order valence-corrected chi connectivity index (χ0v) is 27.3. The summed E-state index contributed by atoms with van der Waals surface area (Å²) in [4.78, 5) is 29.1. The number of aryl methyl sites for hydroxylation is 3. The fourth-order valence-electron chi connectivity index (χ4n) is 4.44. The Balaban J connectivity index is 2.10. The van der Waals surface area contributed by atoms with Gasteiger partial charge in [0, 0.05) is 12.6 Å². The lowest BCUT2D eigenvalue weighted by atomic mass is 10.1. The maximum Gasteiger partial charge on any atom is 0.264 e. The van der Waals surface area contributed by atoms with Crippen molar-refractivity contribution in [3.63, 3.8) is 0 Å². The number of sulfonamides is 1. The van der Waals surface area contributed by atoms with E-state index < -0.39 is 28.5 Å². The van der Waals surface area contributed by atoms with Crippen molar-refractivity contribution in [1.29, 1.82) is 0 Å². The Bertz CT molecular complexity index is 1530. The average Bonchev–Trinajstić information content (AvgIpc) is 2.95. The SMILES string of the molecule is CC[C@@H](C)NC(=O)[C@H](CC)N(Cc1ccc(Cl)c(Cl)c1)C(=O)CN(c1ccc(C)c(C)c1)S(=O)(=O)c1ccc(C)cc1. The molecule has 3 rings (SSSR count). The summed E-state index contributed by atoms with van der Waals surface area (Å²) < 4.78 is 29.2. The van der Waals surface area contributed by atoms with Crippen LogP contribution in [0.4, 0.5) is 5.69 Å². The number of carbonyl (C=O) groups excluding carboxylic acids is 2. The molecule has 0 saturated heterocycles. The van der Waals surface area contributed by atoms with Gasteiger partial charge in [-0.1, -0.05) is 66.9 Å². The van der Waals surface area contributed by atoms with Crippen LogP contribution in [0.3, 0.4) is 0 Å². The molecule has 1 N–H and O–H groups in total. The molecule has 42 heavy (non-hydrogen) atoms. The molecule has 7 nitrogen and oxygen atoms in total.